The van der Waals surface area contributed by atoms with Gasteiger partial charge in [0.1, 0.15) is 5.69 Å². The lowest BCUT2D eigenvalue weighted by Crippen LogP contribution is -2.10. The molecule has 2 nitrogen and oxygen atoms in total. The molecular formula is C12H17NOS. The molecule has 1 fully saturated rings. The van der Waals surface area contributed by atoms with Crippen LogP contribution in [-0.4, -0.2) is 10.8 Å². The summed E-state index contributed by atoms with van der Waals surface area (Å²) in [6.45, 7) is 3.90. The first-order chi connectivity index (χ1) is 7.16. The third-order valence-corrected chi connectivity index (χ3v) is 4.25. The number of rotatable bonds is 2. The molecule has 0 saturated heterocycles. The van der Waals surface area contributed by atoms with Crippen LogP contribution in [0.1, 0.15) is 60.9 Å². The number of hydrogen-bond donors (Lipinski definition) is 0. The van der Waals surface area contributed by atoms with Crippen molar-refractivity contribution < 1.29 is 4.79 Å². The van der Waals surface area contributed by atoms with Crippen molar-refractivity contribution in [1.29, 1.82) is 0 Å². The Morgan fingerprint density at radius 1 is 1.40 bits per heavy atom. The van der Waals surface area contributed by atoms with Crippen LogP contribution in [-0.2, 0) is 0 Å². The van der Waals surface area contributed by atoms with Crippen LogP contribution in [0.3, 0.4) is 0 Å². The van der Waals surface area contributed by atoms with Crippen molar-refractivity contribution in [1.82, 2.24) is 4.98 Å². The lowest BCUT2D eigenvalue weighted by Gasteiger charge is -2.24. The molecule has 1 saturated carbocycles. The maximum absolute atomic E-state index is 11.1. The highest BCUT2D eigenvalue weighted by Crippen LogP contribution is 2.36. The third kappa shape index (κ3) is 2.46. The summed E-state index contributed by atoms with van der Waals surface area (Å²) in [4.78, 5) is 15.6. The molecule has 0 aliphatic heterocycles. The monoisotopic (exact) mass is 223 g/mol. The number of aromatic nitrogens is 1. The molecule has 0 radical (unpaired) electrons. The van der Waals surface area contributed by atoms with E-state index in [1.807, 2.05) is 5.38 Å². The van der Waals surface area contributed by atoms with Gasteiger partial charge in [-0.1, -0.05) is 19.8 Å². The van der Waals surface area contributed by atoms with Crippen LogP contribution in [0.5, 0.6) is 0 Å². The Balaban J connectivity index is 2.06. The Bertz CT molecular complexity index is 350. The normalized spacial score (nSPS) is 26.5. The number of thiazole rings is 1. The maximum Gasteiger partial charge on any atom is 0.178 e. The summed E-state index contributed by atoms with van der Waals surface area (Å²) in [5.41, 5.74) is 0.647. The van der Waals surface area contributed by atoms with Crippen LogP contribution in [0.4, 0.5) is 0 Å². The predicted octanol–water partition coefficient (Wildman–Crippen LogP) is 3.64. The van der Waals surface area contributed by atoms with Crippen molar-refractivity contribution in [3.8, 4) is 0 Å². The van der Waals surface area contributed by atoms with Crippen molar-refractivity contribution >= 4 is 17.1 Å². The SMILES string of the molecule is CC(=O)c1csc([C@H]2CC[C@H](C)CC2)n1. The van der Waals surface area contributed by atoms with E-state index in [4.69, 9.17) is 0 Å². The average Bonchev–Trinajstić information content (AvgIpc) is 2.68. The van der Waals surface area contributed by atoms with Crippen molar-refractivity contribution in [2.45, 2.75) is 45.4 Å². The van der Waals surface area contributed by atoms with Gasteiger partial charge in [-0.05, 0) is 18.8 Å². The first-order valence-corrected chi connectivity index (χ1v) is 6.51. The molecule has 82 valence electrons. The summed E-state index contributed by atoms with van der Waals surface area (Å²) in [6.07, 6.45) is 5.09. The minimum absolute atomic E-state index is 0.0849. The summed E-state index contributed by atoms with van der Waals surface area (Å²) in [5, 5.41) is 3.07. The van der Waals surface area contributed by atoms with Gasteiger partial charge in [0.25, 0.3) is 0 Å². The number of carbonyl (C=O) groups is 1. The Kier molecular flexibility index (Phi) is 3.19. The molecule has 0 spiro atoms. The zero-order valence-corrected chi connectivity index (χ0v) is 10.1. The van der Waals surface area contributed by atoms with E-state index in [1.165, 1.54) is 30.7 Å². The van der Waals surface area contributed by atoms with E-state index in [0.717, 1.165) is 5.92 Å². The lowest BCUT2D eigenvalue weighted by molar-refractivity contribution is 0.101. The van der Waals surface area contributed by atoms with E-state index >= 15 is 0 Å². The van der Waals surface area contributed by atoms with Crippen molar-refractivity contribution in [3.05, 3.63) is 16.1 Å². The van der Waals surface area contributed by atoms with E-state index in [9.17, 15) is 4.79 Å². The van der Waals surface area contributed by atoms with Gasteiger partial charge in [0.15, 0.2) is 5.78 Å². The zero-order valence-electron chi connectivity index (χ0n) is 9.32. The highest BCUT2D eigenvalue weighted by Gasteiger charge is 2.22. The fourth-order valence-electron chi connectivity index (χ4n) is 2.14. The number of carbonyl (C=O) groups excluding carboxylic acids is 1. The first-order valence-electron chi connectivity index (χ1n) is 5.63. The highest BCUT2D eigenvalue weighted by molar-refractivity contribution is 7.09. The Morgan fingerprint density at radius 2 is 2.07 bits per heavy atom. The fourth-order valence-corrected chi connectivity index (χ4v) is 3.17. The van der Waals surface area contributed by atoms with Gasteiger partial charge >= 0.3 is 0 Å². The molecule has 1 aliphatic carbocycles. The van der Waals surface area contributed by atoms with Crippen LogP contribution in [0.2, 0.25) is 0 Å². The van der Waals surface area contributed by atoms with Gasteiger partial charge in [-0.25, -0.2) is 4.98 Å². The molecule has 0 unspecified atom stereocenters. The fraction of sp³-hybridized carbons (Fsp3) is 0.667. The summed E-state index contributed by atoms with van der Waals surface area (Å²) in [6, 6.07) is 0. The minimum atomic E-state index is 0.0849. The molecular weight excluding hydrogens is 206 g/mol. The number of ketones is 1. The second kappa shape index (κ2) is 4.44. The Hall–Kier alpha value is -0.700. The standard InChI is InChI=1S/C12H17NOS/c1-8-3-5-10(6-4-8)12-13-11(7-15-12)9(2)14/h7-8,10H,3-6H2,1-2H3/t8-,10-. The van der Waals surface area contributed by atoms with Gasteiger partial charge in [-0.2, -0.15) is 0 Å². The number of hydrogen-bond acceptors (Lipinski definition) is 3. The molecule has 1 aliphatic rings. The number of nitrogens with zero attached hydrogens (tertiary/aromatic N) is 1. The molecule has 1 heterocycles. The van der Waals surface area contributed by atoms with Crippen LogP contribution in [0.25, 0.3) is 0 Å². The Labute approximate surface area is 94.7 Å². The van der Waals surface area contributed by atoms with Crippen molar-refractivity contribution in [2.24, 2.45) is 5.92 Å². The van der Waals surface area contributed by atoms with Crippen LogP contribution in [0, 0.1) is 5.92 Å². The van der Waals surface area contributed by atoms with Crippen LogP contribution < -0.4 is 0 Å². The quantitative estimate of drug-likeness (QED) is 0.716. The van der Waals surface area contributed by atoms with Gasteiger partial charge in [0.05, 0.1) is 5.01 Å². The van der Waals surface area contributed by atoms with Gasteiger partial charge in [-0.3, -0.25) is 4.79 Å². The van der Waals surface area contributed by atoms with Crippen LogP contribution >= 0.6 is 11.3 Å². The second-order valence-corrected chi connectivity index (χ2v) is 5.47. The smallest absolute Gasteiger partial charge is 0.178 e. The molecule has 0 N–H and O–H groups in total. The summed E-state index contributed by atoms with van der Waals surface area (Å²) in [7, 11) is 0. The van der Waals surface area contributed by atoms with E-state index in [-0.39, 0.29) is 5.78 Å². The summed E-state index contributed by atoms with van der Waals surface area (Å²) >= 11 is 1.65. The number of Topliss-reactive ketones (excluding diaryl/α,β-unsaturated/α-hetero) is 1. The first kappa shape index (κ1) is 10.8. The minimum Gasteiger partial charge on any atom is -0.293 e. The maximum atomic E-state index is 11.1. The largest absolute Gasteiger partial charge is 0.293 e. The highest BCUT2D eigenvalue weighted by atomic mass is 32.1. The summed E-state index contributed by atoms with van der Waals surface area (Å²) in [5.74, 6) is 1.56. The predicted molar refractivity (Wildman–Crippen MR) is 62.5 cm³/mol. The van der Waals surface area contributed by atoms with Crippen molar-refractivity contribution in [2.75, 3.05) is 0 Å². The second-order valence-electron chi connectivity index (χ2n) is 4.58. The molecule has 3 heteroatoms. The van der Waals surface area contributed by atoms with Gasteiger partial charge in [-0.15, -0.1) is 11.3 Å². The molecule has 1 aromatic heterocycles. The van der Waals surface area contributed by atoms with E-state index in [0.29, 0.717) is 11.6 Å². The topological polar surface area (TPSA) is 30.0 Å². The molecule has 0 aromatic carbocycles. The molecule has 0 amide bonds. The van der Waals surface area contributed by atoms with E-state index in [1.54, 1.807) is 18.3 Å². The van der Waals surface area contributed by atoms with Gasteiger partial charge in [0, 0.05) is 18.2 Å². The van der Waals surface area contributed by atoms with E-state index < -0.39 is 0 Å². The zero-order chi connectivity index (χ0) is 10.8. The molecule has 2 rings (SSSR count). The Morgan fingerprint density at radius 3 is 2.60 bits per heavy atom. The average molecular weight is 223 g/mol. The van der Waals surface area contributed by atoms with Crippen molar-refractivity contribution in [3.63, 3.8) is 0 Å². The third-order valence-electron chi connectivity index (χ3n) is 3.25. The summed E-state index contributed by atoms with van der Waals surface area (Å²) < 4.78 is 0. The molecule has 15 heavy (non-hydrogen) atoms. The van der Waals surface area contributed by atoms with Gasteiger partial charge < -0.3 is 0 Å². The molecule has 0 atom stereocenters. The molecule has 0 bridgehead atoms. The van der Waals surface area contributed by atoms with E-state index in [2.05, 4.69) is 11.9 Å². The lowest BCUT2D eigenvalue weighted by atomic mass is 9.83. The molecule has 1 aromatic rings. The van der Waals surface area contributed by atoms with Crippen LogP contribution in [0.15, 0.2) is 5.38 Å². The van der Waals surface area contributed by atoms with Gasteiger partial charge in [0.2, 0.25) is 0 Å².